The van der Waals surface area contributed by atoms with E-state index in [1.807, 2.05) is 31.2 Å². The molecule has 2 N–H and O–H groups in total. The average molecular weight is 239 g/mol. The van der Waals surface area contributed by atoms with Gasteiger partial charge in [0.2, 0.25) is 0 Å². The average Bonchev–Trinajstić information content (AvgIpc) is 2.36. The maximum absolute atomic E-state index is 9.57. The molecule has 1 atom stereocenters. The second-order valence-electron chi connectivity index (χ2n) is 3.82. The van der Waals surface area contributed by atoms with Crippen molar-refractivity contribution < 1.29 is 14.6 Å². The van der Waals surface area contributed by atoms with Crippen LogP contribution < -0.4 is 5.32 Å². The Bertz CT molecular complexity index is 300. The molecule has 4 nitrogen and oxygen atoms in total. The summed E-state index contributed by atoms with van der Waals surface area (Å²) in [4.78, 5) is 0. The lowest BCUT2D eigenvalue weighted by Crippen LogP contribution is -2.24. The fraction of sp³-hybridized carbons (Fsp3) is 0.538. The number of aliphatic hydroxyl groups is 1. The molecular weight excluding hydrogens is 218 g/mol. The monoisotopic (exact) mass is 239 g/mol. The normalized spacial score (nSPS) is 12.4. The van der Waals surface area contributed by atoms with Crippen molar-refractivity contribution in [1.82, 2.24) is 0 Å². The lowest BCUT2D eigenvalue weighted by molar-refractivity contribution is 0.0496. The van der Waals surface area contributed by atoms with Gasteiger partial charge in [0.1, 0.15) is 0 Å². The number of benzene rings is 1. The molecule has 0 fully saturated rings. The minimum Gasteiger partial charge on any atom is -0.389 e. The molecule has 0 aliphatic carbocycles. The van der Waals surface area contributed by atoms with Crippen LogP contribution in [0.1, 0.15) is 12.5 Å². The summed E-state index contributed by atoms with van der Waals surface area (Å²) in [5, 5.41) is 12.7. The third-order valence-corrected chi connectivity index (χ3v) is 2.32. The number of aliphatic hydroxyl groups excluding tert-OH is 1. The molecule has 1 aromatic carbocycles. The molecule has 0 saturated carbocycles. The molecule has 1 rings (SSSR count). The van der Waals surface area contributed by atoms with Gasteiger partial charge in [0, 0.05) is 25.9 Å². The van der Waals surface area contributed by atoms with Gasteiger partial charge in [0.05, 0.1) is 19.3 Å². The van der Waals surface area contributed by atoms with E-state index in [4.69, 9.17) is 9.47 Å². The third kappa shape index (κ3) is 5.68. The Morgan fingerprint density at radius 3 is 2.59 bits per heavy atom. The summed E-state index contributed by atoms with van der Waals surface area (Å²) in [7, 11) is 1.68. The Labute approximate surface area is 103 Å². The fourth-order valence-corrected chi connectivity index (χ4v) is 1.43. The summed E-state index contributed by atoms with van der Waals surface area (Å²) in [6.07, 6.45) is -0.478. The van der Waals surface area contributed by atoms with Crippen molar-refractivity contribution in [2.45, 2.75) is 19.6 Å². The van der Waals surface area contributed by atoms with Crippen LogP contribution in [-0.4, -0.2) is 38.1 Å². The van der Waals surface area contributed by atoms with Crippen LogP contribution in [0, 0.1) is 0 Å². The molecule has 1 unspecified atom stereocenters. The minimum atomic E-state index is -0.478. The Kier molecular flexibility index (Phi) is 6.62. The van der Waals surface area contributed by atoms with E-state index in [1.165, 1.54) is 0 Å². The summed E-state index contributed by atoms with van der Waals surface area (Å²) in [6.45, 7) is 4.01. The second-order valence-corrected chi connectivity index (χ2v) is 3.82. The second kappa shape index (κ2) is 8.06. The maximum atomic E-state index is 9.57. The summed E-state index contributed by atoms with van der Waals surface area (Å²) < 4.78 is 10.2. The van der Waals surface area contributed by atoms with E-state index < -0.39 is 6.10 Å². The summed E-state index contributed by atoms with van der Waals surface area (Å²) in [5.74, 6) is 0. The van der Waals surface area contributed by atoms with E-state index in [-0.39, 0.29) is 0 Å². The van der Waals surface area contributed by atoms with Gasteiger partial charge in [-0.1, -0.05) is 12.1 Å². The van der Waals surface area contributed by atoms with Crippen molar-refractivity contribution in [3.05, 3.63) is 29.8 Å². The Morgan fingerprint density at radius 1 is 1.29 bits per heavy atom. The molecule has 17 heavy (non-hydrogen) atoms. The van der Waals surface area contributed by atoms with Crippen LogP contribution in [0.15, 0.2) is 24.3 Å². The van der Waals surface area contributed by atoms with Crippen LogP contribution in [-0.2, 0) is 16.1 Å². The first kappa shape index (κ1) is 14.0. The summed E-state index contributed by atoms with van der Waals surface area (Å²) in [6, 6.07) is 7.95. The van der Waals surface area contributed by atoms with Gasteiger partial charge in [-0.05, 0) is 24.6 Å². The number of nitrogens with one attached hydrogen (secondary N) is 1. The zero-order valence-corrected chi connectivity index (χ0v) is 10.5. The van der Waals surface area contributed by atoms with E-state index in [1.54, 1.807) is 7.11 Å². The summed E-state index contributed by atoms with van der Waals surface area (Å²) >= 11 is 0. The first-order valence-corrected chi connectivity index (χ1v) is 5.83. The number of hydrogen-bond donors (Lipinski definition) is 2. The van der Waals surface area contributed by atoms with Gasteiger partial charge in [-0.25, -0.2) is 0 Å². The van der Waals surface area contributed by atoms with Crippen LogP contribution in [0.5, 0.6) is 0 Å². The SMILES string of the molecule is CCOCC(O)CNc1ccc(COC)cc1. The highest BCUT2D eigenvalue weighted by Crippen LogP contribution is 2.10. The predicted molar refractivity (Wildman–Crippen MR) is 68.1 cm³/mol. The highest BCUT2D eigenvalue weighted by Gasteiger charge is 2.03. The highest BCUT2D eigenvalue weighted by molar-refractivity contribution is 5.44. The van der Waals surface area contributed by atoms with Crippen LogP contribution in [0.4, 0.5) is 5.69 Å². The Balaban J connectivity index is 2.31. The van der Waals surface area contributed by atoms with E-state index in [0.717, 1.165) is 11.3 Å². The molecule has 0 heterocycles. The molecule has 0 radical (unpaired) electrons. The fourth-order valence-electron chi connectivity index (χ4n) is 1.43. The van der Waals surface area contributed by atoms with Gasteiger partial charge >= 0.3 is 0 Å². The Morgan fingerprint density at radius 2 is 2.00 bits per heavy atom. The predicted octanol–water partition coefficient (Wildman–Crippen LogP) is 1.64. The number of rotatable bonds is 8. The van der Waals surface area contributed by atoms with Crippen LogP contribution in [0.2, 0.25) is 0 Å². The standard InChI is InChI=1S/C13H21NO3/c1-3-17-10-13(15)8-14-12-6-4-11(5-7-12)9-16-2/h4-7,13-15H,3,8-10H2,1-2H3. The van der Waals surface area contributed by atoms with Crippen molar-refractivity contribution in [3.8, 4) is 0 Å². The lowest BCUT2D eigenvalue weighted by atomic mass is 10.2. The zero-order chi connectivity index (χ0) is 12.5. The van der Waals surface area contributed by atoms with E-state index in [9.17, 15) is 5.11 Å². The topological polar surface area (TPSA) is 50.7 Å². The molecule has 0 spiro atoms. The summed E-state index contributed by atoms with van der Waals surface area (Å²) in [5.41, 5.74) is 2.12. The molecule has 4 heteroatoms. The first-order valence-electron chi connectivity index (χ1n) is 5.83. The molecule has 1 aromatic rings. The van der Waals surface area contributed by atoms with Gasteiger partial charge in [-0.15, -0.1) is 0 Å². The number of methoxy groups -OCH3 is 1. The van der Waals surface area contributed by atoms with Crippen molar-refractivity contribution in [1.29, 1.82) is 0 Å². The molecule has 0 aliphatic rings. The van der Waals surface area contributed by atoms with E-state index >= 15 is 0 Å². The maximum Gasteiger partial charge on any atom is 0.0945 e. The smallest absolute Gasteiger partial charge is 0.0945 e. The van der Waals surface area contributed by atoms with Gasteiger partial charge in [-0.2, -0.15) is 0 Å². The largest absolute Gasteiger partial charge is 0.389 e. The van der Waals surface area contributed by atoms with Crippen LogP contribution in [0.25, 0.3) is 0 Å². The number of ether oxygens (including phenoxy) is 2. The lowest BCUT2D eigenvalue weighted by Gasteiger charge is -2.12. The third-order valence-electron chi connectivity index (χ3n) is 2.32. The van der Waals surface area contributed by atoms with Crippen molar-refractivity contribution >= 4 is 5.69 Å². The van der Waals surface area contributed by atoms with Crippen molar-refractivity contribution in [2.24, 2.45) is 0 Å². The Hall–Kier alpha value is -1.10. The minimum absolute atomic E-state index is 0.366. The van der Waals surface area contributed by atoms with Gasteiger partial charge in [-0.3, -0.25) is 0 Å². The van der Waals surface area contributed by atoms with Gasteiger partial charge in [0.25, 0.3) is 0 Å². The van der Waals surface area contributed by atoms with Gasteiger partial charge < -0.3 is 19.9 Å². The molecule has 96 valence electrons. The van der Waals surface area contributed by atoms with E-state index in [0.29, 0.717) is 26.4 Å². The highest BCUT2D eigenvalue weighted by atomic mass is 16.5. The van der Waals surface area contributed by atoms with Crippen molar-refractivity contribution in [2.75, 3.05) is 32.2 Å². The molecule has 0 saturated heterocycles. The van der Waals surface area contributed by atoms with Gasteiger partial charge in [0.15, 0.2) is 0 Å². The number of anilines is 1. The van der Waals surface area contributed by atoms with Crippen LogP contribution >= 0.6 is 0 Å². The molecule has 0 amide bonds. The molecule has 0 aromatic heterocycles. The molecular formula is C13H21NO3. The van der Waals surface area contributed by atoms with Crippen molar-refractivity contribution in [3.63, 3.8) is 0 Å². The molecule has 0 bridgehead atoms. The zero-order valence-electron chi connectivity index (χ0n) is 10.5. The first-order chi connectivity index (χ1) is 8.26. The number of hydrogen-bond acceptors (Lipinski definition) is 4. The van der Waals surface area contributed by atoms with E-state index in [2.05, 4.69) is 5.32 Å². The molecule has 0 aliphatic heterocycles. The quantitative estimate of drug-likeness (QED) is 0.724. The van der Waals surface area contributed by atoms with Crippen LogP contribution in [0.3, 0.4) is 0 Å².